The summed E-state index contributed by atoms with van der Waals surface area (Å²) in [6, 6.07) is 4.77. The Bertz CT molecular complexity index is 611. The van der Waals surface area contributed by atoms with Crippen LogP contribution in [0.2, 0.25) is 0 Å². The lowest BCUT2D eigenvalue weighted by Crippen LogP contribution is -2.45. The van der Waals surface area contributed by atoms with Crippen LogP contribution in [0.15, 0.2) is 22.6 Å². The Hall–Kier alpha value is -1.88. The van der Waals surface area contributed by atoms with E-state index < -0.39 is 6.04 Å². The van der Waals surface area contributed by atoms with Crippen LogP contribution in [0.3, 0.4) is 0 Å². The molecule has 19 heavy (non-hydrogen) atoms. The molecule has 0 radical (unpaired) electrons. The van der Waals surface area contributed by atoms with Crippen molar-refractivity contribution in [1.29, 1.82) is 0 Å². The predicted molar refractivity (Wildman–Crippen MR) is 74.8 cm³/mol. The Balaban J connectivity index is 2.19. The Morgan fingerprint density at radius 2 is 2.11 bits per heavy atom. The lowest BCUT2D eigenvalue weighted by molar-refractivity contribution is -0.119. The summed E-state index contributed by atoms with van der Waals surface area (Å²) in [6.45, 7) is 7.58. The number of anilines is 1. The number of hydrogen-bond donors (Lipinski definition) is 2. The first kappa shape index (κ1) is 13.5. The maximum atomic E-state index is 12.0. The number of nitrogens with two attached hydrogens (primary N) is 1. The van der Waals surface area contributed by atoms with E-state index in [-0.39, 0.29) is 11.3 Å². The normalized spacial score (nSPS) is 13.5. The average Bonchev–Trinajstić information content (AvgIpc) is 2.66. The summed E-state index contributed by atoms with van der Waals surface area (Å²) in [5, 5.41) is 2.80. The van der Waals surface area contributed by atoms with Crippen LogP contribution in [-0.4, -0.2) is 16.9 Å². The van der Waals surface area contributed by atoms with Crippen molar-refractivity contribution in [2.45, 2.75) is 33.7 Å². The molecule has 0 aliphatic heterocycles. The lowest BCUT2D eigenvalue weighted by atomic mass is 9.87. The fourth-order valence-electron chi connectivity index (χ4n) is 1.73. The quantitative estimate of drug-likeness (QED) is 0.870. The first-order valence-corrected chi connectivity index (χ1v) is 6.21. The SMILES string of the molecule is Cc1nc2cc(NC(=O)[C@@H](N)C(C)(C)C)ccc2o1. The Morgan fingerprint density at radius 3 is 2.74 bits per heavy atom. The van der Waals surface area contributed by atoms with E-state index in [1.54, 1.807) is 25.1 Å². The van der Waals surface area contributed by atoms with Gasteiger partial charge in [0.1, 0.15) is 5.52 Å². The average molecular weight is 261 g/mol. The fourth-order valence-corrected chi connectivity index (χ4v) is 1.73. The maximum Gasteiger partial charge on any atom is 0.241 e. The van der Waals surface area contributed by atoms with Gasteiger partial charge in [0.25, 0.3) is 0 Å². The first-order valence-electron chi connectivity index (χ1n) is 6.21. The highest BCUT2D eigenvalue weighted by atomic mass is 16.3. The number of carbonyl (C=O) groups is 1. The molecular formula is C14H19N3O2. The highest BCUT2D eigenvalue weighted by molar-refractivity contribution is 5.96. The smallest absolute Gasteiger partial charge is 0.241 e. The van der Waals surface area contributed by atoms with Crippen LogP contribution in [-0.2, 0) is 4.79 Å². The van der Waals surface area contributed by atoms with Crippen molar-refractivity contribution in [3.05, 3.63) is 24.1 Å². The van der Waals surface area contributed by atoms with Gasteiger partial charge in [0.15, 0.2) is 11.5 Å². The summed E-state index contributed by atoms with van der Waals surface area (Å²) in [4.78, 5) is 16.2. The molecule has 5 nitrogen and oxygen atoms in total. The number of aryl methyl sites for hydroxylation is 1. The number of fused-ring (bicyclic) bond motifs is 1. The Labute approximate surface area is 112 Å². The zero-order valence-electron chi connectivity index (χ0n) is 11.7. The third-order valence-corrected chi connectivity index (χ3v) is 2.98. The molecule has 1 atom stereocenters. The molecule has 0 saturated carbocycles. The maximum absolute atomic E-state index is 12.0. The number of oxazole rings is 1. The van der Waals surface area contributed by atoms with Crippen LogP contribution >= 0.6 is 0 Å². The summed E-state index contributed by atoms with van der Waals surface area (Å²) in [7, 11) is 0. The molecule has 0 unspecified atom stereocenters. The molecule has 102 valence electrons. The van der Waals surface area contributed by atoms with Gasteiger partial charge in [-0.1, -0.05) is 20.8 Å². The summed E-state index contributed by atoms with van der Waals surface area (Å²) in [5.74, 6) is 0.400. The Kier molecular flexibility index (Phi) is 3.32. The highest BCUT2D eigenvalue weighted by Gasteiger charge is 2.27. The molecule has 0 spiro atoms. The predicted octanol–water partition coefficient (Wildman–Crippen LogP) is 2.45. The highest BCUT2D eigenvalue weighted by Crippen LogP contribution is 2.22. The van der Waals surface area contributed by atoms with E-state index in [1.807, 2.05) is 20.8 Å². The molecule has 2 aromatic rings. The summed E-state index contributed by atoms with van der Waals surface area (Å²) >= 11 is 0. The van der Waals surface area contributed by atoms with Crippen LogP contribution in [0, 0.1) is 12.3 Å². The monoisotopic (exact) mass is 261 g/mol. The van der Waals surface area contributed by atoms with Crippen LogP contribution < -0.4 is 11.1 Å². The molecular weight excluding hydrogens is 242 g/mol. The zero-order valence-corrected chi connectivity index (χ0v) is 11.7. The second kappa shape index (κ2) is 4.66. The third-order valence-electron chi connectivity index (χ3n) is 2.98. The van der Waals surface area contributed by atoms with E-state index in [1.165, 1.54) is 0 Å². The van der Waals surface area contributed by atoms with Crippen LogP contribution in [0.25, 0.3) is 11.1 Å². The van der Waals surface area contributed by atoms with Crippen molar-refractivity contribution < 1.29 is 9.21 Å². The van der Waals surface area contributed by atoms with Crippen molar-refractivity contribution in [3.63, 3.8) is 0 Å². The number of benzene rings is 1. The third kappa shape index (κ3) is 2.93. The van der Waals surface area contributed by atoms with Gasteiger partial charge >= 0.3 is 0 Å². The van der Waals surface area contributed by atoms with Gasteiger partial charge in [0.05, 0.1) is 6.04 Å². The minimum Gasteiger partial charge on any atom is -0.441 e. The van der Waals surface area contributed by atoms with E-state index in [2.05, 4.69) is 10.3 Å². The number of carbonyl (C=O) groups excluding carboxylic acids is 1. The molecule has 0 saturated heterocycles. The molecule has 3 N–H and O–H groups in total. The minimum atomic E-state index is -0.567. The van der Waals surface area contributed by atoms with E-state index in [4.69, 9.17) is 10.2 Å². The van der Waals surface area contributed by atoms with Crippen molar-refractivity contribution in [2.75, 3.05) is 5.32 Å². The van der Waals surface area contributed by atoms with Crippen molar-refractivity contribution >= 4 is 22.7 Å². The summed E-state index contributed by atoms with van der Waals surface area (Å²) in [6.07, 6.45) is 0. The molecule has 1 aromatic heterocycles. The van der Waals surface area contributed by atoms with Crippen molar-refractivity contribution in [2.24, 2.45) is 11.1 Å². The van der Waals surface area contributed by atoms with E-state index >= 15 is 0 Å². The number of hydrogen-bond acceptors (Lipinski definition) is 4. The number of nitrogens with one attached hydrogen (secondary N) is 1. The van der Waals surface area contributed by atoms with Crippen molar-refractivity contribution in [3.8, 4) is 0 Å². The van der Waals surface area contributed by atoms with Gasteiger partial charge in [-0.2, -0.15) is 0 Å². The Morgan fingerprint density at radius 1 is 1.42 bits per heavy atom. The topological polar surface area (TPSA) is 81.2 Å². The largest absolute Gasteiger partial charge is 0.441 e. The fraction of sp³-hybridized carbons (Fsp3) is 0.429. The standard InChI is InChI=1S/C14H19N3O2/c1-8-16-10-7-9(5-6-11(10)19-8)17-13(18)12(15)14(2,3)4/h5-7,12H,15H2,1-4H3,(H,17,18)/t12-/m1/s1. The van der Waals surface area contributed by atoms with Crippen LogP contribution in [0.4, 0.5) is 5.69 Å². The number of nitrogens with zero attached hydrogens (tertiary/aromatic N) is 1. The molecule has 1 heterocycles. The molecule has 0 aliphatic rings. The molecule has 1 aromatic carbocycles. The van der Waals surface area contributed by atoms with Gasteiger partial charge in [-0.3, -0.25) is 4.79 Å². The van der Waals surface area contributed by atoms with E-state index in [9.17, 15) is 4.79 Å². The first-order chi connectivity index (χ1) is 8.77. The van der Waals surface area contributed by atoms with Gasteiger partial charge in [0.2, 0.25) is 5.91 Å². The number of rotatable bonds is 2. The summed E-state index contributed by atoms with van der Waals surface area (Å²) in [5.41, 5.74) is 7.73. The van der Waals surface area contributed by atoms with Crippen LogP contribution in [0.1, 0.15) is 26.7 Å². The minimum absolute atomic E-state index is 0.202. The van der Waals surface area contributed by atoms with Gasteiger partial charge in [-0.05, 0) is 23.6 Å². The molecule has 0 aliphatic carbocycles. The molecule has 1 amide bonds. The van der Waals surface area contributed by atoms with Crippen molar-refractivity contribution in [1.82, 2.24) is 4.98 Å². The van der Waals surface area contributed by atoms with E-state index in [0.717, 1.165) is 5.52 Å². The van der Waals surface area contributed by atoms with Gasteiger partial charge in [-0.25, -0.2) is 4.98 Å². The van der Waals surface area contributed by atoms with Gasteiger partial charge in [0, 0.05) is 12.6 Å². The second-order valence-electron chi connectivity index (χ2n) is 5.75. The van der Waals surface area contributed by atoms with Gasteiger partial charge < -0.3 is 15.5 Å². The zero-order chi connectivity index (χ0) is 14.2. The lowest BCUT2D eigenvalue weighted by Gasteiger charge is -2.25. The molecule has 5 heteroatoms. The number of amides is 1. The second-order valence-corrected chi connectivity index (χ2v) is 5.75. The molecule has 2 rings (SSSR count). The number of aromatic nitrogens is 1. The molecule has 0 fully saturated rings. The van der Waals surface area contributed by atoms with Crippen LogP contribution in [0.5, 0.6) is 0 Å². The van der Waals surface area contributed by atoms with E-state index in [0.29, 0.717) is 17.2 Å². The molecule has 0 bridgehead atoms. The van der Waals surface area contributed by atoms with Gasteiger partial charge in [-0.15, -0.1) is 0 Å². The summed E-state index contributed by atoms with van der Waals surface area (Å²) < 4.78 is 5.38.